The molecule has 1 atom stereocenters. The fourth-order valence-electron chi connectivity index (χ4n) is 4.40. The van der Waals surface area contributed by atoms with E-state index in [1.165, 1.54) is 0 Å². The molecule has 1 aromatic heterocycles. The van der Waals surface area contributed by atoms with Gasteiger partial charge >= 0.3 is 0 Å². The minimum Gasteiger partial charge on any atom is -0.330 e. The normalized spacial score (nSPS) is 12.1. The van der Waals surface area contributed by atoms with Gasteiger partial charge in [-0.05, 0) is 49.9 Å². The predicted molar refractivity (Wildman–Crippen MR) is 142 cm³/mol. The standard InChI is InChI=1S/C29H38N4O2/c1-5-10-25-19-26(34)33(20-23-11-7-6-8-12-23)28(31-25)27(21(2)3)32(18-9-17-30)29(35)24-15-13-22(4)14-16-24/h6-8,11-16,19,21,27H,5,9-10,17-18,20,30H2,1-4H3. The van der Waals surface area contributed by atoms with Crippen LogP contribution in [0, 0.1) is 12.8 Å². The molecule has 1 unspecified atom stereocenters. The molecule has 1 heterocycles. The van der Waals surface area contributed by atoms with Crippen molar-refractivity contribution < 1.29 is 4.79 Å². The zero-order valence-corrected chi connectivity index (χ0v) is 21.4. The van der Waals surface area contributed by atoms with Crippen LogP contribution in [0.25, 0.3) is 0 Å². The van der Waals surface area contributed by atoms with E-state index in [1.54, 1.807) is 10.6 Å². The number of aryl methyl sites for hydroxylation is 2. The van der Waals surface area contributed by atoms with E-state index in [0.717, 1.165) is 23.2 Å². The first-order valence-corrected chi connectivity index (χ1v) is 12.6. The van der Waals surface area contributed by atoms with E-state index < -0.39 is 0 Å². The molecule has 0 radical (unpaired) electrons. The lowest BCUT2D eigenvalue weighted by Gasteiger charge is -2.35. The van der Waals surface area contributed by atoms with Crippen LogP contribution in [0.2, 0.25) is 0 Å². The maximum atomic E-state index is 13.8. The highest BCUT2D eigenvalue weighted by Crippen LogP contribution is 2.29. The number of nitrogens with two attached hydrogens (primary N) is 1. The van der Waals surface area contributed by atoms with Gasteiger partial charge in [-0.3, -0.25) is 14.2 Å². The Morgan fingerprint density at radius 3 is 2.37 bits per heavy atom. The Morgan fingerprint density at radius 2 is 1.77 bits per heavy atom. The third kappa shape index (κ3) is 6.67. The van der Waals surface area contributed by atoms with Gasteiger partial charge in [0.1, 0.15) is 5.82 Å². The first-order valence-electron chi connectivity index (χ1n) is 12.6. The smallest absolute Gasteiger partial charge is 0.254 e. The molecule has 0 bridgehead atoms. The zero-order chi connectivity index (χ0) is 25.4. The summed E-state index contributed by atoms with van der Waals surface area (Å²) < 4.78 is 1.73. The van der Waals surface area contributed by atoms with Crippen molar-refractivity contribution >= 4 is 5.91 Å². The summed E-state index contributed by atoms with van der Waals surface area (Å²) >= 11 is 0. The van der Waals surface area contributed by atoms with Crippen LogP contribution in [0.1, 0.15) is 72.7 Å². The molecule has 2 N–H and O–H groups in total. The average Bonchev–Trinajstić information content (AvgIpc) is 2.84. The molecular formula is C29H38N4O2. The van der Waals surface area contributed by atoms with E-state index in [1.807, 2.05) is 66.4 Å². The van der Waals surface area contributed by atoms with Crippen LogP contribution in [-0.4, -0.2) is 33.4 Å². The number of hydrogen-bond donors (Lipinski definition) is 1. The van der Waals surface area contributed by atoms with Crippen LogP contribution in [0.4, 0.5) is 0 Å². The zero-order valence-electron chi connectivity index (χ0n) is 21.4. The van der Waals surface area contributed by atoms with Crippen LogP contribution >= 0.6 is 0 Å². The highest BCUT2D eigenvalue weighted by atomic mass is 16.2. The fourth-order valence-corrected chi connectivity index (χ4v) is 4.40. The molecule has 6 heteroatoms. The first kappa shape index (κ1) is 26.4. The van der Waals surface area contributed by atoms with Gasteiger partial charge in [-0.1, -0.05) is 75.2 Å². The van der Waals surface area contributed by atoms with Crippen molar-refractivity contribution in [2.45, 2.75) is 59.5 Å². The monoisotopic (exact) mass is 474 g/mol. The van der Waals surface area contributed by atoms with Gasteiger partial charge in [0, 0.05) is 23.9 Å². The number of amides is 1. The predicted octanol–water partition coefficient (Wildman–Crippen LogP) is 4.74. The molecular weight excluding hydrogens is 436 g/mol. The summed E-state index contributed by atoms with van der Waals surface area (Å²) in [6.45, 7) is 9.60. The third-order valence-electron chi connectivity index (χ3n) is 6.17. The van der Waals surface area contributed by atoms with E-state index in [9.17, 15) is 9.59 Å². The molecule has 0 aliphatic heterocycles. The second-order valence-corrected chi connectivity index (χ2v) is 9.46. The molecule has 0 aliphatic carbocycles. The molecule has 0 spiro atoms. The Bertz CT molecular complexity index is 1150. The van der Waals surface area contributed by atoms with Crippen LogP contribution < -0.4 is 11.3 Å². The van der Waals surface area contributed by atoms with Gasteiger partial charge in [0.25, 0.3) is 11.5 Å². The molecule has 35 heavy (non-hydrogen) atoms. The van der Waals surface area contributed by atoms with E-state index in [2.05, 4.69) is 20.8 Å². The number of aromatic nitrogens is 2. The number of nitrogens with zero attached hydrogens (tertiary/aromatic N) is 3. The molecule has 3 rings (SSSR count). The summed E-state index contributed by atoms with van der Waals surface area (Å²) in [5.41, 5.74) is 9.28. The summed E-state index contributed by atoms with van der Waals surface area (Å²) in [5.74, 6) is 0.601. The number of carbonyl (C=O) groups excluding carboxylic acids is 1. The fraction of sp³-hybridized carbons (Fsp3) is 0.414. The summed E-state index contributed by atoms with van der Waals surface area (Å²) in [6.07, 6.45) is 2.27. The Morgan fingerprint density at radius 1 is 1.09 bits per heavy atom. The quantitative estimate of drug-likeness (QED) is 0.435. The molecule has 1 amide bonds. The van der Waals surface area contributed by atoms with Crippen molar-refractivity contribution in [1.82, 2.24) is 14.5 Å². The minimum absolute atomic E-state index is 0.0352. The number of rotatable bonds is 11. The van der Waals surface area contributed by atoms with Crippen LogP contribution in [0.5, 0.6) is 0 Å². The van der Waals surface area contributed by atoms with Crippen LogP contribution in [0.15, 0.2) is 65.5 Å². The summed E-state index contributed by atoms with van der Waals surface area (Å²) in [5, 5.41) is 0. The Labute approximate surface area is 208 Å². The van der Waals surface area contributed by atoms with Gasteiger partial charge in [-0.25, -0.2) is 4.98 Å². The minimum atomic E-state index is -0.372. The van der Waals surface area contributed by atoms with E-state index in [-0.39, 0.29) is 23.4 Å². The van der Waals surface area contributed by atoms with Gasteiger partial charge in [0.05, 0.1) is 12.6 Å². The number of carbonyl (C=O) groups is 1. The molecule has 0 saturated heterocycles. The van der Waals surface area contributed by atoms with Crippen molar-refractivity contribution in [2.75, 3.05) is 13.1 Å². The topological polar surface area (TPSA) is 81.2 Å². The van der Waals surface area contributed by atoms with Crippen molar-refractivity contribution in [2.24, 2.45) is 11.7 Å². The molecule has 3 aromatic rings. The summed E-state index contributed by atoms with van der Waals surface area (Å²) in [7, 11) is 0. The van der Waals surface area contributed by atoms with Gasteiger partial charge < -0.3 is 10.6 Å². The van der Waals surface area contributed by atoms with Gasteiger partial charge in [0.15, 0.2) is 0 Å². The molecule has 0 aliphatic rings. The maximum absolute atomic E-state index is 13.8. The molecule has 186 valence electrons. The maximum Gasteiger partial charge on any atom is 0.254 e. The molecule has 0 fully saturated rings. The highest BCUT2D eigenvalue weighted by molar-refractivity contribution is 5.94. The Hall–Kier alpha value is -3.25. The van der Waals surface area contributed by atoms with Crippen molar-refractivity contribution in [3.63, 3.8) is 0 Å². The average molecular weight is 475 g/mol. The second kappa shape index (κ2) is 12.5. The lowest BCUT2D eigenvalue weighted by Crippen LogP contribution is -2.42. The summed E-state index contributed by atoms with van der Waals surface area (Å²) in [6, 6.07) is 18.8. The van der Waals surface area contributed by atoms with Gasteiger partial charge in [-0.2, -0.15) is 0 Å². The van der Waals surface area contributed by atoms with Crippen molar-refractivity contribution in [3.8, 4) is 0 Å². The largest absolute Gasteiger partial charge is 0.330 e. The SMILES string of the molecule is CCCc1cc(=O)n(Cc2ccccc2)c(C(C(C)C)N(CCCN)C(=O)c2ccc(C)cc2)n1. The van der Waals surface area contributed by atoms with E-state index in [4.69, 9.17) is 10.7 Å². The van der Waals surface area contributed by atoms with E-state index >= 15 is 0 Å². The molecule has 6 nitrogen and oxygen atoms in total. The second-order valence-electron chi connectivity index (χ2n) is 9.46. The Balaban J connectivity index is 2.16. The molecule has 2 aromatic carbocycles. The summed E-state index contributed by atoms with van der Waals surface area (Å²) in [4.78, 5) is 34.1. The lowest BCUT2D eigenvalue weighted by atomic mass is 9.98. The lowest BCUT2D eigenvalue weighted by molar-refractivity contribution is 0.0601. The van der Waals surface area contributed by atoms with Crippen LogP contribution in [-0.2, 0) is 13.0 Å². The number of benzene rings is 2. The van der Waals surface area contributed by atoms with E-state index in [0.29, 0.717) is 43.9 Å². The van der Waals surface area contributed by atoms with Crippen molar-refractivity contribution in [1.29, 1.82) is 0 Å². The van der Waals surface area contributed by atoms with Gasteiger partial charge in [-0.15, -0.1) is 0 Å². The third-order valence-corrected chi connectivity index (χ3v) is 6.17. The van der Waals surface area contributed by atoms with Crippen LogP contribution in [0.3, 0.4) is 0 Å². The first-order chi connectivity index (χ1) is 16.8. The number of hydrogen-bond acceptors (Lipinski definition) is 4. The van der Waals surface area contributed by atoms with Gasteiger partial charge in [0.2, 0.25) is 0 Å². The molecule has 0 saturated carbocycles. The highest BCUT2D eigenvalue weighted by Gasteiger charge is 2.32. The van der Waals surface area contributed by atoms with Crippen molar-refractivity contribution in [3.05, 3.63) is 99.2 Å². The Kier molecular flexibility index (Phi) is 9.38.